The molecule has 1 fully saturated rings. The van der Waals surface area contributed by atoms with Crippen LogP contribution in [0.5, 0.6) is 5.75 Å². The zero-order chi connectivity index (χ0) is 10.1. The quantitative estimate of drug-likeness (QED) is 0.544. The van der Waals surface area contributed by atoms with Crippen LogP contribution in [0, 0.1) is 17.0 Å². The van der Waals surface area contributed by atoms with E-state index in [1.165, 1.54) is 12.3 Å². The van der Waals surface area contributed by atoms with Crippen molar-refractivity contribution < 1.29 is 9.66 Å². The highest BCUT2D eigenvalue weighted by atomic mass is 16.6. The number of rotatable bonds is 3. The second kappa shape index (κ2) is 3.25. The Labute approximate surface area is 80.9 Å². The molecule has 0 aliphatic heterocycles. The third-order valence-corrected chi connectivity index (χ3v) is 2.07. The highest BCUT2D eigenvalue weighted by Crippen LogP contribution is 2.34. The van der Waals surface area contributed by atoms with Crippen LogP contribution in [0.1, 0.15) is 18.5 Å². The van der Waals surface area contributed by atoms with Crippen LogP contribution >= 0.6 is 0 Å². The molecule has 0 saturated heterocycles. The largest absolute Gasteiger partial charge is 0.482 e. The van der Waals surface area contributed by atoms with Gasteiger partial charge < -0.3 is 4.74 Å². The van der Waals surface area contributed by atoms with Crippen LogP contribution in [-0.2, 0) is 0 Å². The molecule has 1 saturated carbocycles. The van der Waals surface area contributed by atoms with E-state index in [1.54, 1.807) is 6.92 Å². The number of nitro groups is 1. The lowest BCUT2D eigenvalue weighted by molar-refractivity contribution is -0.386. The third kappa shape index (κ3) is 1.66. The average molecular weight is 194 g/mol. The lowest BCUT2D eigenvalue weighted by atomic mass is 10.3. The summed E-state index contributed by atoms with van der Waals surface area (Å²) in [5.74, 6) is 0.319. The number of aryl methyl sites for hydroxylation is 1. The van der Waals surface area contributed by atoms with Crippen LogP contribution in [0.2, 0.25) is 0 Å². The molecular weight excluding hydrogens is 184 g/mol. The van der Waals surface area contributed by atoms with Crippen LogP contribution in [0.4, 0.5) is 5.69 Å². The smallest absolute Gasteiger partial charge is 0.314 e. The number of ether oxygens (including phenoxy) is 1. The maximum atomic E-state index is 10.7. The molecule has 1 heterocycles. The van der Waals surface area contributed by atoms with Gasteiger partial charge in [-0.15, -0.1) is 0 Å². The van der Waals surface area contributed by atoms with Crippen LogP contribution in [0.3, 0.4) is 0 Å². The van der Waals surface area contributed by atoms with E-state index < -0.39 is 4.92 Å². The maximum absolute atomic E-state index is 10.7. The number of nitrogens with zero attached hydrogens (tertiary/aromatic N) is 2. The normalized spacial score (nSPS) is 15.2. The fraction of sp³-hybridized carbons (Fsp3) is 0.444. The minimum atomic E-state index is -0.438. The first-order valence-electron chi connectivity index (χ1n) is 4.45. The molecule has 14 heavy (non-hydrogen) atoms. The van der Waals surface area contributed by atoms with E-state index in [0.29, 0.717) is 11.4 Å². The lowest BCUT2D eigenvalue weighted by Gasteiger charge is -2.06. The monoisotopic (exact) mass is 194 g/mol. The van der Waals surface area contributed by atoms with Crippen molar-refractivity contribution >= 4 is 5.69 Å². The van der Waals surface area contributed by atoms with E-state index in [0.717, 1.165) is 12.8 Å². The van der Waals surface area contributed by atoms with Gasteiger partial charge in [-0.25, -0.2) is 0 Å². The summed E-state index contributed by atoms with van der Waals surface area (Å²) in [6, 6.07) is 1.37. The molecule has 5 heteroatoms. The Morgan fingerprint density at radius 3 is 2.93 bits per heavy atom. The van der Waals surface area contributed by atoms with Gasteiger partial charge in [-0.05, 0) is 19.8 Å². The summed E-state index contributed by atoms with van der Waals surface area (Å²) in [5.41, 5.74) is 0.579. The summed E-state index contributed by atoms with van der Waals surface area (Å²) >= 11 is 0. The maximum Gasteiger partial charge on any atom is 0.314 e. The van der Waals surface area contributed by atoms with Gasteiger partial charge in [-0.1, -0.05) is 0 Å². The molecule has 0 amide bonds. The molecule has 0 bridgehead atoms. The Balaban J connectivity index is 2.36. The van der Waals surface area contributed by atoms with Gasteiger partial charge in [0.25, 0.3) is 0 Å². The fourth-order valence-electron chi connectivity index (χ4n) is 1.18. The average Bonchev–Trinajstić information content (AvgIpc) is 2.91. The summed E-state index contributed by atoms with van der Waals surface area (Å²) in [6.07, 6.45) is 3.53. The van der Waals surface area contributed by atoms with Crippen molar-refractivity contribution in [1.29, 1.82) is 0 Å². The molecule has 5 nitrogen and oxygen atoms in total. The topological polar surface area (TPSA) is 65.3 Å². The van der Waals surface area contributed by atoms with Gasteiger partial charge in [0, 0.05) is 12.3 Å². The van der Waals surface area contributed by atoms with Crippen molar-refractivity contribution in [2.75, 3.05) is 0 Å². The predicted molar refractivity (Wildman–Crippen MR) is 49.3 cm³/mol. The Morgan fingerprint density at radius 2 is 2.36 bits per heavy atom. The van der Waals surface area contributed by atoms with Gasteiger partial charge in [-0.2, -0.15) is 0 Å². The van der Waals surface area contributed by atoms with Gasteiger partial charge in [0.1, 0.15) is 0 Å². The molecule has 0 unspecified atom stereocenters. The Bertz CT molecular complexity index is 374. The highest BCUT2D eigenvalue weighted by molar-refractivity contribution is 5.48. The van der Waals surface area contributed by atoms with Gasteiger partial charge >= 0.3 is 5.69 Å². The molecule has 0 spiro atoms. The molecule has 1 aliphatic rings. The predicted octanol–water partition coefficient (Wildman–Crippen LogP) is 1.84. The molecule has 0 N–H and O–H groups in total. The van der Waals surface area contributed by atoms with Crippen LogP contribution in [0.25, 0.3) is 0 Å². The Hall–Kier alpha value is -1.65. The van der Waals surface area contributed by atoms with Gasteiger partial charge in [0.2, 0.25) is 5.75 Å². The SMILES string of the molecule is Cc1nccc([N+](=O)[O-])c1OC1CC1. The summed E-state index contributed by atoms with van der Waals surface area (Å²) in [4.78, 5) is 14.2. The summed E-state index contributed by atoms with van der Waals surface area (Å²) in [5, 5.41) is 10.7. The number of hydrogen-bond acceptors (Lipinski definition) is 4. The first kappa shape index (κ1) is 8.93. The van der Waals surface area contributed by atoms with Crippen molar-refractivity contribution in [1.82, 2.24) is 4.98 Å². The zero-order valence-electron chi connectivity index (χ0n) is 7.77. The minimum Gasteiger partial charge on any atom is -0.482 e. The summed E-state index contributed by atoms with van der Waals surface area (Å²) < 4.78 is 5.44. The first-order valence-corrected chi connectivity index (χ1v) is 4.45. The lowest BCUT2D eigenvalue weighted by Crippen LogP contribution is -2.03. The van der Waals surface area contributed by atoms with Crippen molar-refractivity contribution in [3.05, 3.63) is 28.1 Å². The molecule has 74 valence electrons. The van der Waals surface area contributed by atoms with Crippen molar-refractivity contribution in [3.8, 4) is 5.75 Å². The van der Waals surface area contributed by atoms with E-state index in [1.807, 2.05) is 0 Å². The van der Waals surface area contributed by atoms with Crippen molar-refractivity contribution in [2.24, 2.45) is 0 Å². The molecule has 0 radical (unpaired) electrons. The highest BCUT2D eigenvalue weighted by Gasteiger charge is 2.28. The molecule has 1 aromatic heterocycles. The number of aromatic nitrogens is 1. The molecule has 0 atom stereocenters. The van der Waals surface area contributed by atoms with Crippen LogP contribution in [0.15, 0.2) is 12.3 Å². The van der Waals surface area contributed by atoms with Crippen LogP contribution in [-0.4, -0.2) is 16.0 Å². The van der Waals surface area contributed by atoms with Gasteiger partial charge in [0.15, 0.2) is 0 Å². The molecule has 1 aliphatic carbocycles. The van der Waals surface area contributed by atoms with E-state index in [-0.39, 0.29) is 11.8 Å². The van der Waals surface area contributed by atoms with E-state index in [2.05, 4.69) is 4.98 Å². The second-order valence-corrected chi connectivity index (χ2v) is 3.32. The van der Waals surface area contributed by atoms with Crippen molar-refractivity contribution in [2.45, 2.75) is 25.9 Å². The summed E-state index contributed by atoms with van der Waals surface area (Å²) in [6.45, 7) is 1.71. The second-order valence-electron chi connectivity index (χ2n) is 3.32. The number of pyridine rings is 1. The summed E-state index contributed by atoms with van der Waals surface area (Å²) in [7, 11) is 0. The molecular formula is C9H10N2O3. The van der Waals surface area contributed by atoms with E-state index in [4.69, 9.17) is 4.74 Å². The van der Waals surface area contributed by atoms with Gasteiger partial charge in [-0.3, -0.25) is 15.1 Å². The van der Waals surface area contributed by atoms with Crippen molar-refractivity contribution in [3.63, 3.8) is 0 Å². The molecule has 2 rings (SSSR count). The molecule has 0 aromatic carbocycles. The minimum absolute atomic E-state index is 0.00407. The zero-order valence-corrected chi connectivity index (χ0v) is 7.77. The molecule has 1 aromatic rings. The third-order valence-electron chi connectivity index (χ3n) is 2.07. The fourth-order valence-corrected chi connectivity index (χ4v) is 1.18. The Kier molecular flexibility index (Phi) is 2.07. The first-order chi connectivity index (χ1) is 6.68. The standard InChI is InChI=1S/C9H10N2O3/c1-6-9(14-7-2-3-7)8(11(12)13)4-5-10-6/h4-5,7H,2-3H2,1H3. The van der Waals surface area contributed by atoms with E-state index in [9.17, 15) is 10.1 Å². The van der Waals surface area contributed by atoms with Crippen LogP contribution < -0.4 is 4.74 Å². The Morgan fingerprint density at radius 1 is 1.64 bits per heavy atom. The van der Waals surface area contributed by atoms with Gasteiger partial charge in [0.05, 0.1) is 16.7 Å². The number of hydrogen-bond donors (Lipinski definition) is 0. The van der Waals surface area contributed by atoms with E-state index >= 15 is 0 Å².